The fourth-order valence-electron chi connectivity index (χ4n) is 2.42. The van der Waals surface area contributed by atoms with Crippen LogP contribution in [0.2, 0.25) is 0 Å². The Kier molecular flexibility index (Phi) is 8.12. The smallest absolute Gasteiger partial charge is 0.191 e. The fraction of sp³-hybridized carbons (Fsp3) is 0.722. The van der Waals surface area contributed by atoms with Gasteiger partial charge in [0.2, 0.25) is 0 Å². The van der Waals surface area contributed by atoms with Crippen molar-refractivity contribution in [3.8, 4) is 0 Å². The van der Waals surface area contributed by atoms with Gasteiger partial charge < -0.3 is 19.8 Å². The van der Waals surface area contributed by atoms with Gasteiger partial charge in [-0.2, -0.15) is 0 Å². The Bertz CT molecular complexity index is 469. The van der Waals surface area contributed by atoms with Crippen LogP contribution in [0, 0.1) is 5.92 Å². The molecule has 0 amide bonds. The molecule has 6 heteroatoms. The molecule has 0 bridgehead atoms. The molecule has 0 aliphatic heterocycles. The second-order valence-electron chi connectivity index (χ2n) is 6.51. The summed E-state index contributed by atoms with van der Waals surface area (Å²) in [6, 6.07) is 4.05. The highest BCUT2D eigenvalue weighted by molar-refractivity contribution is 5.79. The van der Waals surface area contributed by atoms with E-state index in [4.69, 9.17) is 14.1 Å². The lowest BCUT2D eigenvalue weighted by molar-refractivity contribution is 0.123. The molecule has 0 spiro atoms. The second kappa shape index (κ2) is 10.4. The average Bonchev–Trinajstić information content (AvgIpc) is 3.23. The van der Waals surface area contributed by atoms with Crippen LogP contribution in [0.15, 0.2) is 27.8 Å². The summed E-state index contributed by atoms with van der Waals surface area (Å²) in [6.45, 7) is 6.18. The van der Waals surface area contributed by atoms with Gasteiger partial charge in [0, 0.05) is 26.3 Å². The van der Waals surface area contributed by atoms with E-state index >= 15 is 0 Å². The topological polar surface area (TPSA) is 62.0 Å². The molecular weight excluding hydrogens is 304 g/mol. The molecule has 1 heterocycles. The second-order valence-corrected chi connectivity index (χ2v) is 6.51. The molecule has 0 aromatic carbocycles. The number of guanidine groups is 1. The van der Waals surface area contributed by atoms with Gasteiger partial charge in [0.1, 0.15) is 5.76 Å². The summed E-state index contributed by atoms with van der Waals surface area (Å²) >= 11 is 0. The van der Waals surface area contributed by atoms with Crippen LogP contribution in [0.25, 0.3) is 0 Å². The van der Waals surface area contributed by atoms with Crippen molar-refractivity contribution in [2.75, 3.05) is 46.9 Å². The molecule has 2 N–H and O–H groups in total. The molecule has 24 heavy (non-hydrogen) atoms. The summed E-state index contributed by atoms with van der Waals surface area (Å²) in [4.78, 5) is 6.82. The van der Waals surface area contributed by atoms with E-state index in [9.17, 15) is 0 Å². The van der Waals surface area contributed by atoms with Gasteiger partial charge >= 0.3 is 0 Å². The van der Waals surface area contributed by atoms with E-state index < -0.39 is 0 Å². The van der Waals surface area contributed by atoms with Crippen molar-refractivity contribution in [2.24, 2.45) is 10.9 Å². The first-order chi connectivity index (χ1) is 11.7. The molecule has 1 atom stereocenters. The van der Waals surface area contributed by atoms with Gasteiger partial charge in [-0.25, -0.2) is 0 Å². The summed E-state index contributed by atoms with van der Waals surface area (Å²) in [5.41, 5.74) is 0. The molecule has 0 saturated heterocycles. The number of rotatable bonds is 11. The Morgan fingerprint density at radius 1 is 1.42 bits per heavy atom. The molecule has 1 aliphatic carbocycles. The number of aliphatic imine (C=N–C) groups is 1. The lowest BCUT2D eigenvalue weighted by atomic mass is 10.2. The monoisotopic (exact) mass is 336 g/mol. The van der Waals surface area contributed by atoms with E-state index in [-0.39, 0.29) is 6.04 Å². The molecule has 1 fully saturated rings. The standard InChI is InChI=1S/C18H32N4O2/c1-4-19-18(20-10-6-11-23-14-15-8-9-15)21-13-16(22(2)3)17-7-5-12-24-17/h5,7,12,15-16H,4,6,8-11,13-14H2,1-3H3,(H2,19,20,21). The third-order valence-corrected chi connectivity index (χ3v) is 4.07. The molecular formula is C18H32N4O2. The number of hydrogen-bond acceptors (Lipinski definition) is 4. The number of nitrogens with one attached hydrogen (secondary N) is 2. The van der Waals surface area contributed by atoms with Crippen LogP contribution < -0.4 is 10.6 Å². The molecule has 136 valence electrons. The third-order valence-electron chi connectivity index (χ3n) is 4.07. The normalized spacial score (nSPS) is 16.4. The number of furan rings is 1. The first-order valence-corrected chi connectivity index (χ1v) is 9.00. The maximum atomic E-state index is 5.66. The largest absolute Gasteiger partial charge is 0.468 e. The van der Waals surface area contributed by atoms with Crippen molar-refractivity contribution >= 4 is 5.96 Å². The van der Waals surface area contributed by atoms with E-state index in [1.54, 1.807) is 6.26 Å². The van der Waals surface area contributed by atoms with Crippen molar-refractivity contribution < 1.29 is 9.15 Å². The van der Waals surface area contributed by atoms with Gasteiger partial charge in [-0.05, 0) is 58.3 Å². The highest BCUT2D eigenvalue weighted by Crippen LogP contribution is 2.28. The average molecular weight is 336 g/mol. The Morgan fingerprint density at radius 3 is 2.88 bits per heavy atom. The number of ether oxygens (including phenoxy) is 1. The van der Waals surface area contributed by atoms with Gasteiger partial charge in [-0.1, -0.05) is 0 Å². The zero-order chi connectivity index (χ0) is 17.2. The molecule has 6 nitrogen and oxygen atoms in total. The summed E-state index contributed by atoms with van der Waals surface area (Å²) in [6.07, 6.45) is 5.39. The number of likely N-dealkylation sites (N-methyl/N-ethyl adjacent to an activating group) is 1. The lowest BCUT2D eigenvalue weighted by Gasteiger charge is -2.21. The molecule has 1 unspecified atom stereocenters. The minimum absolute atomic E-state index is 0.136. The van der Waals surface area contributed by atoms with Gasteiger partial charge in [0.15, 0.2) is 5.96 Å². The molecule has 2 rings (SSSR count). The van der Waals surface area contributed by atoms with Crippen molar-refractivity contribution in [3.05, 3.63) is 24.2 Å². The van der Waals surface area contributed by atoms with Crippen LogP contribution in [0.4, 0.5) is 0 Å². The third kappa shape index (κ3) is 6.93. The van der Waals surface area contributed by atoms with Crippen LogP contribution in [0.1, 0.15) is 38.0 Å². The summed E-state index contributed by atoms with van der Waals surface area (Å²) in [5.74, 6) is 2.62. The zero-order valence-corrected chi connectivity index (χ0v) is 15.3. The summed E-state index contributed by atoms with van der Waals surface area (Å²) < 4.78 is 11.2. The molecule has 1 aromatic heterocycles. The zero-order valence-electron chi connectivity index (χ0n) is 15.3. The van der Waals surface area contributed by atoms with E-state index in [0.29, 0.717) is 6.54 Å². The lowest BCUT2D eigenvalue weighted by Crippen LogP contribution is -2.38. The van der Waals surface area contributed by atoms with E-state index in [2.05, 4.69) is 22.5 Å². The first-order valence-electron chi connectivity index (χ1n) is 9.00. The number of hydrogen-bond donors (Lipinski definition) is 2. The minimum Gasteiger partial charge on any atom is -0.468 e. The van der Waals surface area contributed by atoms with E-state index in [1.165, 1.54) is 12.8 Å². The molecule has 1 saturated carbocycles. The van der Waals surface area contributed by atoms with Crippen LogP contribution in [-0.2, 0) is 4.74 Å². The van der Waals surface area contributed by atoms with E-state index in [1.807, 2.05) is 26.2 Å². The Hall–Kier alpha value is -1.53. The maximum absolute atomic E-state index is 5.66. The fourth-order valence-corrected chi connectivity index (χ4v) is 2.42. The Balaban J connectivity index is 1.73. The van der Waals surface area contributed by atoms with Crippen molar-refractivity contribution in [2.45, 2.75) is 32.2 Å². The van der Waals surface area contributed by atoms with Crippen LogP contribution >= 0.6 is 0 Å². The predicted molar refractivity (Wildman–Crippen MR) is 97.3 cm³/mol. The van der Waals surface area contributed by atoms with Crippen LogP contribution in [0.5, 0.6) is 0 Å². The Morgan fingerprint density at radius 2 is 2.25 bits per heavy atom. The summed E-state index contributed by atoms with van der Waals surface area (Å²) in [7, 11) is 4.08. The van der Waals surface area contributed by atoms with Crippen molar-refractivity contribution in [1.82, 2.24) is 15.5 Å². The van der Waals surface area contributed by atoms with Crippen LogP contribution in [0.3, 0.4) is 0 Å². The SMILES string of the molecule is CCNC(=NCC(c1ccco1)N(C)C)NCCCOCC1CC1. The van der Waals surface area contributed by atoms with Crippen molar-refractivity contribution in [3.63, 3.8) is 0 Å². The molecule has 1 aliphatic rings. The Labute approximate surface area is 145 Å². The summed E-state index contributed by atoms with van der Waals surface area (Å²) in [5, 5.41) is 6.66. The highest BCUT2D eigenvalue weighted by atomic mass is 16.5. The predicted octanol–water partition coefficient (Wildman–Crippen LogP) is 2.25. The minimum atomic E-state index is 0.136. The quantitative estimate of drug-likeness (QED) is 0.369. The molecule has 0 radical (unpaired) electrons. The molecule has 1 aromatic rings. The van der Waals surface area contributed by atoms with Gasteiger partial charge in [0.05, 0.1) is 18.8 Å². The van der Waals surface area contributed by atoms with Gasteiger partial charge in [-0.3, -0.25) is 9.89 Å². The number of nitrogens with zero attached hydrogens (tertiary/aromatic N) is 2. The van der Waals surface area contributed by atoms with Gasteiger partial charge in [0.25, 0.3) is 0 Å². The first kappa shape index (κ1) is 18.8. The van der Waals surface area contributed by atoms with Crippen molar-refractivity contribution in [1.29, 1.82) is 0 Å². The van der Waals surface area contributed by atoms with Gasteiger partial charge in [-0.15, -0.1) is 0 Å². The van der Waals surface area contributed by atoms with E-state index in [0.717, 1.165) is 50.4 Å². The highest BCUT2D eigenvalue weighted by Gasteiger charge is 2.20. The van der Waals surface area contributed by atoms with Crippen LogP contribution in [-0.4, -0.2) is 57.8 Å². The maximum Gasteiger partial charge on any atom is 0.191 e.